The van der Waals surface area contributed by atoms with E-state index in [1.54, 1.807) is 31.6 Å². The standard InChI is InChI=1S/C25H25BrN2O5S2/c1-6-32-24(30)20-14(4)27-25-28(21(20)18-8-7-9-34-18)23(29)19(35-25)12-15-10-16(26)22(33-13(2)3)17(11-15)31-5/h7-13,21H,6H2,1-5H3/b19-12-/t21-/m1/s1. The van der Waals surface area contributed by atoms with Crippen molar-refractivity contribution in [2.75, 3.05) is 13.7 Å². The molecule has 2 aromatic heterocycles. The molecule has 3 heterocycles. The number of halogens is 1. The van der Waals surface area contributed by atoms with Crippen LogP contribution in [-0.4, -0.2) is 30.4 Å². The lowest BCUT2D eigenvalue weighted by Crippen LogP contribution is -2.39. The van der Waals surface area contributed by atoms with Crippen LogP contribution in [0.3, 0.4) is 0 Å². The van der Waals surface area contributed by atoms with E-state index in [9.17, 15) is 9.59 Å². The fraction of sp³-hybridized carbons (Fsp3) is 0.320. The molecule has 1 aliphatic rings. The van der Waals surface area contributed by atoms with Crippen LogP contribution < -0.4 is 24.4 Å². The average molecular weight is 578 g/mol. The maximum absolute atomic E-state index is 13.7. The SMILES string of the molecule is CCOC(=O)C1=C(C)N=c2s/c(=C\c3cc(Br)c(OC(C)C)c(OC)c3)c(=O)n2[C@@H]1c1cccs1. The van der Waals surface area contributed by atoms with Crippen LogP contribution in [0.4, 0.5) is 0 Å². The smallest absolute Gasteiger partial charge is 0.338 e. The highest BCUT2D eigenvalue weighted by atomic mass is 79.9. The second-order valence-electron chi connectivity index (χ2n) is 8.02. The van der Waals surface area contributed by atoms with Gasteiger partial charge in [-0.1, -0.05) is 17.4 Å². The number of thiazole rings is 1. The minimum Gasteiger partial charge on any atom is -0.493 e. The third-order valence-corrected chi connectivity index (χ3v) is 7.73. The Morgan fingerprint density at radius 3 is 2.74 bits per heavy atom. The molecule has 4 rings (SSSR count). The van der Waals surface area contributed by atoms with Crippen molar-refractivity contribution in [1.82, 2.24) is 4.57 Å². The van der Waals surface area contributed by atoms with Gasteiger partial charge in [-0.3, -0.25) is 9.36 Å². The molecule has 184 valence electrons. The van der Waals surface area contributed by atoms with Crippen molar-refractivity contribution in [3.05, 3.63) is 75.5 Å². The molecule has 1 aromatic carbocycles. The van der Waals surface area contributed by atoms with E-state index in [1.165, 1.54) is 22.7 Å². The number of hydrogen-bond donors (Lipinski definition) is 0. The Bertz CT molecular complexity index is 1470. The molecule has 0 N–H and O–H groups in total. The Labute approximate surface area is 219 Å². The monoisotopic (exact) mass is 576 g/mol. The number of thiophene rings is 1. The molecule has 0 saturated carbocycles. The summed E-state index contributed by atoms with van der Waals surface area (Å²) in [7, 11) is 1.58. The first-order valence-electron chi connectivity index (χ1n) is 11.0. The van der Waals surface area contributed by atoms with E-state index in [2.05, 4.69) is 20.9 Å². The number of benzene rings is 1. The first-order valence-corrected chi connectivity index (χ1v) is 13.5. The molecule has 0 amide bonds. The Morgan fingerprint density at radius 1 is 1.34 bits per heavy atom. The normalized spacial score (nSPS) is 15.7. The van der Waals surface area contributed by atoms with Crippen LogP contribution >= 0.6 is 38.6 Å². The zero-order valence-electron chi connectivity index (χ0n) is 20.0. The van der Waals surface area contributed by atoms with Crippen LogP contribution in [0, 0.1) is 0 Å². The van der Waals surface area contributed by atoms with Crippen molar-refractivity contribution in [2.24, 2.45) is 4.99 Å². The molecular weight excluding hydrogens is 552 g/mol. The van der Waals surface area contributed by atoms with Gasteiger partial charge in [0.1, 0.15) is 6.04 Å². The number of aromatic nitrogens is 1. The van der Waals surface area contributed by atoms with Crippen LogP contribution in [0.1, 0.15) is 44.2 Å². The minimum atomic E-state index is -0.587. The molecule has 0 saturated heterocycles. The van der Waals surface area contributed by atoms with E-state index >= 15 is 0 Å². The summed E-state index contributed by atoms with van der Waals surface area (Å²) < 4.78 is 19.5. The van der Waals surface area contributed by atoms with Crippen molar-refractivity contribution in [3.8, 4) is 11.5 Å². The number of hydrogen-bond acceptors (Lipinski definition) is 8. The van der Waals surface area contributed by atoms with Crippen LogP contribution in [-0.2, 0) is 9.53 Å². The predicted octanol–water partition coefficient (Wildman–Crippen LogP) is 4.42. The van der Waals surface area contributed by atoms with Crippen LogP contribution in [0.15, 0.2) is 55.2 Å². The number of methoxy groups -OCH3 is 1. The quantitative estimate of drug-likeness (QED) is 0.389. The molecule has 0 fully saturated rings. The molecule has 0 bridgehead atoms. The summed E-state index contributed by atoms with van der Waals surface area (Å²) >= 11 is 6.32. The molecular formula is C25H25BrN2O5S2. The Kier molecular flexibility index (Phi) is 7.63. The molecule has 10 heteroatoms. The summed E-state index contributed by atoms with van der Waals surface area (Å²) in [6.07, 6.45) is 1.77. The fourth-order valence-corrected chi connectivity index (χ4v) is 6.26. The lowest BCUT2D eigenvalue weighted by molar-refractivity contribution is -0.139. The topological polar surface area (TPSA) is 79.1 Å². The largest absolute Gasteiger partial charge is 0.493 e. The van der Waals surface area contributed by atoms with E-state index in [0.717, 1.165) is 14.9 Å². The maximum atomic E-state index is 13.7. The number of rotatable bonds is 7. The van der Waals surface area contributed by atoms with Gasteiger partial charge in [0.25, 0.3) is 5.56 Å². The van der Waals surface area contributed by atoms with E-state index in [4.69, 9.17) is 14.2 Å². The molecule has 3 aromatic rings. The van der Waals surface area contributed by atoms with Crippen LogP contribution in [0.25, 0.3) is 6.08 Å². The highest BCUT2D eigenvalue weighted by molar-refractivity contribution is 9.10. The van der Waals surface area contributed by atoms with Crippen LogP contribution in [0.2, 0.25) is 0 Å². The lowest BCUT2D eigenvalue weighted by Gasteiger charge is -2.23. The van der Waals surface area contributed by atoms with E-state index in [-0.39, 0.29) is 18.3 Å². The number of fused-ring (bicyclic) bond motifs is 1. The summed E-state index contributed by atoms with van der Waals surface area (Å²) in [5.74, 6) is 0.702. The summed E-state index contributed by atoms with van der Waals surface area (Å²) in [5, 5.41) is 1.92. The third-order valence-electron chi connectivity index (χ3n) is 5.23. The van der Waals surface area contributed by atoms with Gasteiger partial charge in [0.15, 0.2) is 16.3 Å². The molecule has 1 aliphatic heterocycles. The van der Waals surface area contributed by atoms with Gasteiger partial charge in [0.2, 0.25) is 0 Å². The van der Waals surface area contributed by atoms with Gasteiger partial charge in [0.05, 0.1) is 40.1 Å². The highest BCUT2D eigenvalue weighted by Gasteiger charge is 2.33. The zero-order chi connectivity index (χ0) is 25.3. The predicted molar refractivity (Wildman–Crippen MR) is 141 cm³/mol. The first kappa shape index (κ1) is 25.4. The maximum Gasteiger partial charge on any atom is 0.338 e. The summed E-state index contributed by atoms with van der Waals surface area (Å²) in [6, 6.07) is 6.94. The third kappa shape index (κ3) is 5.00. The number of ether oxygens (including phenoxy) is 3. The molecule has 0 unspecified atom stereocenters. The first-order chi connectivity index (χ1) is 16.7. The van der Waals surface area contributed by atoms with Crippen molar-refractivity contribution in [3.63, 3.8) is 0 Å². The number of esters is 1. The Balaban J connectivity index is 1.88. The summed E-state index contributed by atoms with van der Waals surface area (Å²) in [6.45, 7) is 7.66. The Hall–Kier alpha value is -2.69. The number of nitrogens with zero attached hydrogens (tertiary/aromatic N) is 2. The van der Waals surface area contributed by atoms with Gasteiger partial charge >= 0.3 is 5.97 Å². The van der Waals surface area contributed by atoms with Crippen molar-refractivity contribution >= 4 is 50.6 Å². The molecule has 0 aliphatic carbocycles. The number of carbonyl (C=O) groups excluding carboxylic acids is 1. The fourth-order valence-electron chi connectivity index (χ4n) is 3.83. The molecule has 0 spiro atoms. The van der Waals surface area contributed by atoms with Gasteiger partial charge in [-0.25, -0.2) is 9.79 Å². The van der Waals surface area contributed by atoms with Gasteiger partial charge in [-0.2, -0.15) is 0 Å². The van der Waals surface area contributed by atoms with Crippen molar-refractivity contribution in [1.29, 1.82) is 0 Å². The number of carbonyl (C=O) groups is 1. The molecule has 7 nitrogen and oxygen atoms in total. The molecule has 1 atom stereocenters. The van der Waals surface area contributed by atoms with Gasteiger partial charge in [-0.15, -0.1) is 11.3 Å². The summed E-state index contributed by atoms with van der Waals surface area (Å²) in [4.78, 5) is 32.5. The van der Waals surface area contributed by atoms with E-state index in [1.807, 2.05) is 43.5 Å². The van der Waals surface area contributed by atoms with E-state index in [0.29, 0.717) is 32.1 Å². The molecule has 0 radical (unpaired) electrons. The van der Waals surface area contributed by atoms with Gasteiger partial charge < -0.3 is 14.2 Å². The second kappa shape index (κ2) is 10.5. The lowest BCUT2D eigenvalue weighted by atomic mass is 10.0. The number of allylic oxidation sites excluding steroid dienone is 1. The van der Waals surface area contributed by atoms with Crippen molar-refractivity contribution < 1.29 is 19.0 Å². The Morgan fingerprint density at radius 2 is 2.11 bits per heavy atom. The zero-order valence-corrected chi connectivity index (χ0v) is 23.2. The van der Waals surface area contributed by atoms with Crippen LogP contribution in [0.5, 0.6) is 11.5 Å². The van der Waals surface area contributed by atoms with Gasteiger partial charge in [0, 0.05) is 4.88 Å². The highest BCUT2D eigenvalue weighted by Crippen LogP contribution is 2.37. The van der Waals surface area contributed by atoms with Gasteiger partial charge in [-0.05, 0) is 78.8 Å². The minimum absolute atomic E-state index is 0.0242. The van der Waals surface area contributed by atoms with E-state index < -0.39 is 12.0 Å². The second-order valence-corrected chi connectivity index (χ2v) is 10.9. The average Bonchev–Trinajstić information content (AvgIpc) is 3.43. The molecule has 35 heavy (non-hydrogen) atoms. The summed E-state index contributed by atoms with van der Waals surface area (Å²) in [5.41, 5.74) is 1.48. The van der Waals surface area contributed by atoms with Crippen molar-refractivity contribution in [2.45, 2.75) is 39.8 Å².